The van der Waals surface area contributed by atoms with Crippen molar-refractivity contribution in [2.45, 2.75) is 6.29 Å². The summed E-state index contributed by atoms with van der Waals surface area (Å²) in [5, 5.41) is 8.39. The molecule has 0 aliphatic heterocycles. The summed E-state index contributed by atoms with van der Waals surface area (Å²) in [5.41, 5.74) is 0. The van der Waals surface area contributed by atoms with E-state index in [0.717, 1.165) is 0 Å². The SMILES string of the molecule is [CH2]C(O)OCCOC. The number of hydrogen-bond donors (Lipinski definition) is 1. The van der Waals surface area contributed by atoms with Gasteiger partial charge in [0.05, 0.1) is 13.2 Å². The Morgan fingerprint density at radius 1 is 1.62 bits per heavy atom. The van der Waals surface area contributed by atoms with E-state index in [1.807, 2.05) is 0 Å². The molecule has 3 heteroatoms. The van der Waals surface area contributed by atoms with Crippen LogP contribution in [0.2, 0.25) is 0 Å². The molecule has 1 unspecified atom stereocenters. The van der Waals surface area contributed by atoms with Crippen molar-refractivity contribution in [2.24, 2.45) is 0 Å². The Morgan fingerprint density at radius 2 is 2.25 bits per heavy atom. The van der Waals surface area contributed by atoms with E-state index in [4.69, 9.17) is 5.11 Å². The molecule has 0 aromatic heterocycles. The van der Waals surface area contributed by atoms with Crippen molar-refractivity contribution in [1.29, 1.82) is 0 Å². The van der Waals surface area contributed by atoms with Crippen molar-refractivity contribution in [3.63, 3.8) is 0 Å². The maximum Gasteiger partial charge on any atom is 0.154 e. The largest absolute Gasteiger partial charge is 0.382 e. The highest BCUT2D eigenvalue weighted by Gasteiger charge is 1.90. The monoisotopic (exact) mass is 119 g/mol. The molecule has 3 nitrogen and oxygen atoms in total. The van der Waals surface area contributed by atoms with Gasteiger partial charge in [-0.25, -0.2) is 0 Å². The van der Waals surface area contributed by atoms with Crippen LogP contribution in [0.4, 0.5) is 0 Å². The molecule has 49 valence electrons. The topological polar surface area (TPSA) is 38.7 Å². The number of hydrogen-bond acceptors (Lipinski definition) is 3. The van der Waals surface area contributed by atoms with Crippen LogP contribution in [0.25, 0.3) is 0 Å². The third-order valence-corrected chi connectivity index (χ3v) is 0.598. The predicted octanol–water partition coefficient (Wildman–Crippen LogP) is -0.198. The molecule has 1 atom stereocenters. The van der Waals surface area contributed by atoms with Gasteiger partial charge in [0, 0.05) is 14.0 Å². The van der Waals surface area contributed by atoms with Crippen LogP contribution in [0.1, 0.15) is 0 Å². The maximum absolute atomic E-state index is 8.39. The van der Waals surface area contributed by atoms with E-state index >= 15 is 0 Å². The summed E-state index contributed by atoms with van der Waals surface area (Å²) in [6.45, 7) is 4.07. The highest BCUT2D eigenvalue weighted by atomic mass is 16.6. The van der Waals surface area contributed by atoms with Crippen LogP contribution in [-0.4, -0.2) is 31.7 Å². The molecule has 0 aromatic rings. The van der Waals surface area contributed by atoms with Crippen molar-refractivity contribution in [2.75, 3.05) is 20.3 Å². The molecule has 8 heavy (non-hydrogen) atoms. The minimum Gasteiger partial charge on any atom is -0.382 e. The molecule has 0 spiro atoms. The first-order valence-electron chi connectivity index (χ1n) is 2.39. The summed E-state index contributed by atoms with van der Waals surface area (Å²) in [6.07, 6.45) is -0.926. The van der Waals surface area contributed by atoms with Crippen molar-refractivity contribution < 1.29 is 14.6 Å². The minimum absolute atomic E-state index is 0.390. The third kappa shape index (κ3) is 5.88. The predicted molar refractivity (Wildman–Crippen MR) is 29.2 cm³/mol. The third-order valence-electron chi connectivity index (χ3n) is 0.598. The van der Waals surface area contributed by atoms with Gasteiger partial charge in [-0.05, 0) is 0 Å². The summed E-state index contributed by atoms with van der Waals surface area (Å²) in [5.74, 6) is 0. The fraction of sp³-hybridized carbons (Fsp3) is 0.800. The van der Waals surface area contributed by atoms with Crippen LogP contribution in [0.15, 0.2) is 0 Å². The Labute approximate surface area is 49.2 Å². The molecule has 0 saturated carbocycles. The molecule has 0 rings (SSSR count). The number of aliphatic hydroxyl groups is 1. The smallest absolute Gasteiger partial charge is 0.154 e. The molecule has 0 aliphatic rings. The van der Waals surface area contributed by atoms with Gasteiger partial charge in [0.2, 0.25) is 0 Å². The maximum atomic E-state index is 8.39. The normalized spacial score (nSPS) is 13.9. The van der Waals surface area contributed by atoms with E-state index in [2.05, 4.69) is 16.4 Å². The minimum atomic E-state index is -0.926. The van der Waals surface area contributed by atoms with Crippen molar-refractivity contribution in [1.82, 2.24) is 0 Å². The molecular weight excluding hydrogens is 108 g/mol. The Balaban J connectivity index is 2.72. The van der Waals surface area contributed by atoms with Crippen LogP contribution in [0.3, 0.4) is 0 Å². The molecule has 0 aliphatic carbocycles. The van der Waals surface area contributed by atoms with Gasteiger partial charge < -0.3 is 14.6 Å². The summed E-state index contributed by atoms with van der Waals surface area (Å²) < 4.78 is 9.23. The summed E-state index contributed by atoms with van der Waals surface area (Å²) >= 11 is 0. The van der Waals surface area contributed by atoms with Gasteiger partial charge in [0.25, 0.3) is 0 Å². The Hall–Kier alpha value is -0.120. The second-order valence-electron chi connectivity index (χ2n) is 1.32. The van der Waals surface area contributed by atoms with E-state index in [1.165, 1.54) is 0 Å². The molecular formula is C5H11O3. The van der Waals surface area contributed by atoms with E-state index in [0.29, 0.717) is 13.2 Å². The molecule has 1 radical (unpaired) electrons. The van der Waals surface area contributed by atoms with Crippen LogP contribution in [0, 0.1) is 6.92 Å². The second kappa shape index (κ2) is 5.03. The van der Waals surface area contributed by atoms with Gasteiger partial charge in [0.1, 0.15) is 0 Å². The molecule has 1 N–H and O–H groups in total. The van der Waals surface area contributed by atoms with Gasteiger partial charge in [-0.2, -0.15) is 0 Å². The number of methoxy groups -OCH3 is 1. The van der Waals surface area contributed by atoms with Crippen LogP contribution >= 0.6 is 0 Å². The average molecular weight is 119 g/mol. The molecule has 0 aromatic carbocycles. The van der Waals surface area contributed by atoms with E-state index < -0.39 is 6.29 Å². The van der Waals surface area contributed by atoms with E-state index in [9.17, 15) is 0 Å². The standard InChI is InChI=1S/C5H11O3/c1-5(6)8-4-3-7-2/h5-6H,1,3-4H2,2H3. The van der Waals surface area contributed by atoms with Crippen LogP contribution in [0.5, 0.6) is 0 Å². The zero-order valence-electron chi connectivity index (χ0n) is 4.96. The summed E-state index contributed by atoms with van der Waals surface area (Å²) in [6, 6.07) is 0. The quantitative estimate of drug-likeness (QED) is 0.411. The molecule has 0 heterocycles. The highest BCUT2D eigenvalue weighted by molar-refractivity contribution is 4.38. The number of rotatable bonds is 4. The lowest BCUT2D eigenvalue weighted by atomic mass is 10.7. The Morgan fingerprint density at radius 3 is 2.62 bits per heavy atom. The lowest BCUT2D eigenvalue weighted by Gasteiger charge is -2.03. The fourth-order valence-electron chi connectivity index (χ4n) is 0.267. The molecule has 0 fully saturated rings. The fourth-order valence-corrected chi connectivity index (χ4v) is 0.267. The average Bonchev–Trinajstić information content (AvgIpc) is 1.66. The Kier molecular flexibility index (Phi) is 4.95. The molecule has 0 amide bonds. The lowest BCUT2D eigenvalue weighted by molar-refractivity contribution is -0.0791. The zero-order valence-corrected chi connectivity index (χ0v) is 4.96. The molecule has 0 bridgehead atoms. The number of aliphatic hydroxyl groups excluding tert-OH is 1. The van der Waals surface area contributed by atoms with Crippen molar-refractivity contribution in [3.05, 3.63) is 6.92 Å². The highest BCUT2D eigenvalue weighted by Crippen LogP contribution is 1.81. The van der Waals surface area contributed by atoms with Crippen molar-refractivity contribution >= 4 is 0 Å². The van der Waals surface area contributed by atoms with Gasteiger partial charge in [-0.3, -0.25) is 0 Å². The number of ether oxygens (including phenoxy) is 2. The molecule has 0 saturated heterocycles. The first-order chi connectivity index (χ1) is 3.77. The lowest BCUT2D eigenvalue weighted by Crippen LogP contribution is -2.10. The van der Waals surface area contributed by atoms with Crippen LogP contribution < -0.4 is 0 Å². The van der Waals surface area contributed by atoms with Gasteiger partial charge in [-0.15, -0.1) is 0 Å². The first kappa shape index (κ1) is 7.88. The van der Waals surface area contributed by atoms with E-state index in [1.54, 1.807) is 7.11 Å². The first-order valence-corrected chi connectivity index (χ1v) is 2.39. The summed E-state index contributed by atoms with van der Waals surface area (Å²) in [7, 11) is 1.57. The second-order valence-corrected chi connectivity index (χ2v) is 1.32. The Bertz CT molecular complexity index is 44.9. The zero-order chi connectivity index (χ0) is 6.41. The van der Waals surface area contributed by atoms with Crippen LogP contribution in [-0.2, 0) is 9.47 Å². The summed E-state index contributed by atoms with van der Waals surface area (Å²) in [4.78, 5) is 0. The van der Waals surface area contributed by atoms with Gasteiger partial charge in [-0.1, -0.05) is 0 Å². The van der Waals surface area contributed by atoms with Gasteiger partial charge in [0.15, 0.2) is 6.29 Å². The van der Waals surface area contributed by atoms with Crippen molar-refractivity contribution in [3.8, 4) is 0 Å². The van der Waals surface area contributed by atoms with Gasteiger partial charge >= 0.3 is 0 Å². The van der Waals surface area contributed by atoms with E-state index in [-0.39, 0.29) is 0 Å².